The van der Waals surface area contributed by atoms with E-state index in [1.54, 1.807) is 19.1 Å². The molecule has 0 heterocycles. The lowest BCUT2D eigenvalue weighted by Crippen LogP contribution is -2.26. The van der Waals surface area contributed by atoms with Gasteiger partial charge in [-0.25, -0.2) is 0 Å². The zero-order chi connectivity index (χ0) is 12.3. The Morgan fingerprint density at radius 1 is 1.38 bits per heavy atom. The van der Waals surface area contributed by atoms with E-state index in [1.165, 1.54) is 0 Å². The van der Waals surface area contributed by atoms with Gasteiger partial charge in [-0.05, 0) is 12.1 Å². The SMILES string of the molecule is CC(CNc1c(Cl)cc(Cl)cc1Cl)C(N)=O. The van der Waals surface area contributed by atoms with Crippen molar-refractivity contribution < 1.29 is 4.79 Å². The number of primary amides is 1. The second-order valence-electron chi connectivity index (χ2n) is 3.43. The third kappa shape index (κ3) is 3.44. The third-order valence-corrected chi connectivity index (χ3v) is 2.89. The molecular formula is C10H11Cl3N2O. The molecule has 88 valence electrons. The van der Waals surface area contributed by atoms with Crippen molar-refractivity contribution in [2.24, 2.45) is 11.7 Å². The molecule has 0 aliphatic heterocycles. The summed E-state index contributed by atoms with van der Waals surface area (Å²) >= 11 is 17.7. The predicted octanol–water partition coefficient (Wildman–Crippen LogP) is 3.18. The zero-order valence-corrected chi connectivity index (χ0v) is 10.8. The number of hydrogen-bond donors (Lipinski definition) is 2. The average molecular weight is 282 g/mol. The topological polar surface area (TPSA) is 55.1 Å². The highest BCUT2D eigenvalue weighted by Crippen LogP contribution is 2.33. The van der Waals surface area contributed by atoms with Gasteiger partial charge in [0.1, 0.15) is 0 Å². The number of anilines is 1. The fourth-order valence-electron chi connectivity index (χ4n) is 1.07. The Kier molecular flexibility index (Phi) is 4.71. The standard InChI is InChI=1S/C10H11Cl3N2O/c1-5(10(14)16)4-15-9-7(12)2-6(11)3-8(9)13/h2-3,5,15H,4H2,1H3,(H2,14,16). The summed E-state index contributed by atoms with van der Waals surface area (Å²) in [5.41, 5.74) is 5.69. The Balaban J connectivity index is 2.78. The van der Waals surface area contributed by atoms with E-state index in [2.05, 4.69) is 5.32 Å². The Bertz CT molecular complexity index is 386. The minimum atomic E-state index is -0.381. The van der Waals surface area contributed by atoms with E-state index in [-0.39, 0.29) is 11.8 Å². The van der Waals surface area contributed by atoms with Crippen molar-refractivity contribution in [3.63, 3.8) is 0 Å². The predicted molar refractivity (Wildman–Crippen MR) is 68.3 cm³/mol. The van der Waals surface area contributed by atoms with Crippen LogP contribution in [-0.2, 0) is 4.79 Å². The molecular weight excluding hydrogens is 270 g/mol. The number of nitrogens with one attached hydrogen (secondary N) is 1. The number of carbonyl (C=O) groups excluding carboxylic acids is 1. The Morgan fingerprint density at radius 3 is 2.31 bits per heavy atom. The maximum atomic E-state index is 10.8. The van der Waals surface area contributed by atoms with Crippen LogP contribution in [0.3, 0.4) is 0 Å². The van der Waals surface area contributed by atoms with Crippen LogP contribution >= 0.6 is 34.8 Å². The van der Waals surface area contributed by atoms with Gasteiger partial charge in [-0.2, -0.15) is 0 Å². The summed E-state index contributed by atoms with van der Waals surface area (Å²) in [6.45, 7) is 2.09. The van der Waals surface area contributed by atoms with E-state index in [0.717, 1.165) is 0 Å². The van der Waals surface area contributed by atoms with Gasteiger partial charge < -0.3 is 11.1 Å². The molecule has 0 aliphatic rings. The van der Waals surface area contributed by atoms with Gasteiger partial charge in [0.05, 0.1) is 21.7 Å². The molecule has 1 rings (SSSR count). The van der Waals surface area contributed by atoms with E-state index < -0.39 is 0 Å². The van der Waals surface area contributed by atoms with Crippen molar-refractivity contribution in [2.45, 2.75) is 6.92 Å². The van der Waals surface area contributed by atoms with Crippen LogP contribution in [0.5, 0.6) is 0 Å². The molecule has 6 heteroatoms. The molecule has 1 atom stereocenters. The molecule has 3 nitrogen and oxygen atoms in total. The second kappa shape index (κ2) is 5.62. The second-order valence-corrected chi connectivity index (χ2v) is 4.68. The minimum Gasteiger partial charge on any atom is -0.382 e. The van der Waals surface area contributed by atoms with Crippen LogP contribution in [0.15, 0.2) is 12.1 Å². The highest BCUT2D eigenvalue weighted by atomic mass is 35.5. The van der Waals surface area contributed by atoms with Gasteiger partial charge >= 0.3 is 0 Å². The largest absolute Gasteiger partial charge is 0.382 e. The van der Waals surface area contributed by atoms with E-state index in [4.69, 9.17) is 40.5 Å². The van der Waals surface area contributed by atoms with Crippen LogP contribution < -0.4 is 11.1 Å². The van der Waals surface area contributed by atoms with Crippen LogP contribution in [0.2, 0.25) is 15.1 Å². The van der Waals surface area contributed by atoms with E-state index in [1.807, 2.05) is 0 Å². The number of nitrogens with two attached hydrogens (primary N) is 1. The van der Waals surface area contributed by atoms with Crippen molar-refractivity contribution in [3.05, 3.63) is 27.2 Å². The number of rotatable bonds is 4. The lowest BCUT2D eigenvalue weighted by Gasteiger charge is -2.13. The maximum Gasteiger partial charge on any atom is 0.222 e. The van der Waals surface area contributed by atoms with E-state index in [0.29, 0.717) is 27.3 Å². The van der Waals surface area contributed by atoms with E-state index in [9.17, 15) is 4.79 Å². The van der Waals surface area contributed by atoms with E-state index >= 15 is 0 Å². The van der Waals surface area contributed by atoms with Crippen LogP contribution in [-0.4, -0.2) is 12.5 Å². The Hall–Kier alpha value is -0.640. The lowest BCUT2D eigenvalue weighted by molar-refractivity contribution is -0.120. The Morgan fingerprint density at radius 2 is 1.88 bits per heavy atom. The smallest absolute Gasteiger partial charge is 0.222 e. The van der Waals surface area contributed by atoms with Crippen molar-refractivity contribution in [2.75, 3.05) is 11.9 Å². The van der Waals surface area contributed by atoms with Crippen molar-refractivity contribution in [1.82, 2.24) is 0 Å². The number of halogens is 3. The normalized spacial score (nSPS) is 12.2. The number of benzene rings is 1. The first-order valence-corrected chi connectivity index (χ1v) is 5.73. The summed E-state index contributed by atoms with van der Waals surface area (Å²) in [6, 6.07) is 3.15. The van der Waals surface area contributed by atoms with Crippen LogP contribution in [0, 0.1) is 5.92 Å². The van der Waals surface area contributed by atoms with Crippen LogP contribution in [0.25, 0.3) is 0 Å². The summed E-state index contributed by atoms with van der Waals surface area (Å²) in [4.78, 5) is 10.8. The van der Waals surface area contributed by atoms with Gasteiger partial charge in [0.15, 0.2) is 0 Å². The highest BCUT2D eigenvalue weighted by Gasteiger charge is 2.11. The Labute approximate surface area is 109 Å². The van der Waals surface area contributed by atoms with Gasteiger partial charge in [0.25, 0.3) is 0 Å². The number of carbonyl (C=O) groups is 1. The molecule has 0 saturated heterocycles. The van der Waals surface area contributed by atoms with Gasteiger partial charge in [0, 0.05) is 11.6 Å². The molecule has 0 bridgehead atoms. The van der Waals surface area contributed by atoms with Crippen molar-refractivity contribution in [1.29, 1.82) is 0 Å². The maximum absolute atomic E-state index is 10.8. The average Bonchev–Trinajstić information content (AvgIpc) is 2.15. The summed E-state index contributed by atoms with van der Waals surface area (Å²) < 4.78 is 0. The third-order valence-electron chi connectivity index (χ3n) is 2.08. The first-order valence-electron chi connectivity index (χ1n) is 4.59. The molecule has 1 amide bonds. The van der Waals surface area contributed by atoms with Gasteiger partial charge in [-0.3, -0.25) is 4.79 Å². The molecule has 1 unspecified atom stereocenters. The minimum absolute atomic E-state index is 0.303. The first-order chi connectivity index (χ1) is 7.41. The molecule has 0 saturated carbocycles. The highest BCUT2D eigenvalue weighted by molar-refractivity contribution is 6.41. The fourth-order valence-corrected chi connectivity index (χ4v) is 2.02. The molecule has 0 spiro atoms. The van der Waals surface area contributed by atoms with Crippen LogP contribution in [0.4, 0.5) is 5.69 Å². The first kappa shape index (κ1) is 13.4. The zero-order valence-electron chi connectivity index (χ0n) is 8.56. The summed E-state index contributed by atoms with van der Waals surface area (Å²) in [6.07, 6.45) is 0. The monoisotopic (exact) mass is 280 g/mol. The number of hydrogen-bond acceptors (Lipinski definition) is 2. The molecule has 0 fully saturated rings. The quantitative estimate of drug-likeness (QED) is 0.890. The summed E-state index contributed by atoms with van der Waals surface area (Å²) in [7, 11) is 0. The summed E-state index contributed by atoms with van der Waals surface area (Å²) in [5.74, 6) is -0.684. The molecule has 3 N–H and O–H groups in total. The summed E-state index contributed by atoms with van der Waals surface area (Å²) in [5, 5.41) is 4.25. The van der Waals surface area contributed by atoms with Crippen molar-refractivity contribution >= 4 is 46.4 Å². The molecule has 16 heavy (non-hydrogen) atoms. The van der Waals surface area contributed by atoms with Gasteiger partial charge in [-0.1, -0.05) is 41.7 Å². The molecule has 0 aliphatic carbocycles. The van der Waals surface area contributed by atoms with Gasteiger partial charge in [-0.15, -0.1) is 0 Å². The lowest BCUT2D eigenvalue weighted by atomic mass is 10.1. The molecule has 1 aromatic rings. The van der Waals surface area contributed by atoms with Crippen LogP contribution in [0.1, 0.15) is 6.92 Å². The number of amides is 1. The van der Waals surface area contributed by atoms with Crippen molar-refractivity contribution in [3.8, 4) is 0 Å². The molecule has 0 radical (unpaired) electrons. The molecule has 0 aromatic heterocycles. The molecule has 1 aromatic carbocycles. The van der Waals surface area contributed by atoms with Gasteiger partial charge in [0.2, 0.25) is 5.91 Å². The fraction of sp³-hybridized carbons (Fsp3) is 0.300.